The van der Waals surface area contributed by atoms with E-state index in [9.17, 15) is 43.2 Å². The van der Waals surface area contributed by atoms with Gasteiger partial charge in [-0.15, -0.1) is 0 Å². The van der Waals surface area contributed by atoms with Crippen molar-refractivity contribution in [3.05, 3.63) is 0 Å². The first-order chi connectivity index (χ1) is 45.4. The predicted molar refractivity (Wildman–Crippen MR) is 381 cm³/mol. The third-order valence-corrected chi connectivity index (χ3v) is 19.4. The second-order valence-corrected chi connectivity index (χ2v) is 30.9. The molecule has 94 heavy (non-hydrogen) atoms. The molecule has 0 aliphatic carbocycles. The molecule has 0 aromatic heterocycles. The first kappa shape index (κ1) is 92.1. The maximum absolute atomic E-state index is 13.1. The summed E-state index contributed by atoms with van der Waals surface area (Å²) in [5, 5.41) is 10.6. The van der Waals surface area contributed by atoms with E-state index < -0.39 is 97.5 Å². The first-order valence-electron chi connectivity index (χ1n) is 39.0. The summed E-state index contributed by atoms with van der Waals surface area (Å²) in [4.78, 5) is 72.6. The molecule has 0 aromatic rings. The van der Waals surface area contributed by atoms with Crippen LogP contribution in [0.25, 0.3) is 0 Å². The summed E-state index contributed by atoms with van der Waals surface area (Å²) in [5.74, 6) is -0.566. The number of rotatable bonds is 74. The Bertz CT molecular complexity index is 1820. The van der Waals surface area contributed by atoms with Gasteiger partial charge in [0.1, 0.15) is 19.3 Å². The zero-order valence-corrected chi connectivity index (χ0v) is 63.1. The molecule has 0 saturated heterocycles. The number of hydrogen-bond acceptors (Lipinski definition) is 15. The van der Waals surface area contributed by atoms with E-state index in [0.29, 0.717) is 25.7 Å². The third-order valence-electron chi connectivity index (χ3n) is 17.5. The minimum atomic E-state index is -4.96. The summed E-state index contributed by atoms with van der Waals surface area (Å²) in [6.07, 6.45) is 54.2. The van der Waals surface area contributed by atoms with Crippen LogP contribution >= 0.6 is 15.6 Å². The van der Waals surface area contributed by atoms with Gasteiger partial charge in [-0.2, -0.15) is 0 Å². The highest BCUT2D eigenvalue weighted by molar-refractivity contribution is 7.47. The smallest absolute Gasteiger partial charge is 0.462 e. The van der Waals surface area contributed by atoms with Gasteiger partial charge in [0, 0.05) is 25.7 Å². The van der Waals surface area contributed by atoms with E-state index in [1.807, 2.05) is 0 Å². The second-order valence-electron chi connectivity index (χ2n) is 28.0. The highest BCUT2D eigenvalue weighted by Crippen LogP contribution is 2.45. The second kappa shape index (κ2) is 66.9. The maximum Gasteiger partial charge on any atom is 0.472 e. The van der Waals surface area contributed by atoms with Crippen LogP contribution in [0, 0.1) is 11.8 Å². The summed E-state index contributed by atoms with van der Waals surface area (Å²) in [6, 6.07) is 0. The Hall–Kier alpha value is -1.94. The summed E-state index contributed by atoms with van der Waals surface area (Å²) in [7, 11) is -9.90. The largest absolute Gasteiger partial charge is 0.472 e. The highest BCUT2D eigenvalue weighted by Gasteiger charge is 2.30. The van der Waals surface area contributed by atoms with Crippen LogP contribution in [0.15, 0.2) is 0 Å². The fourth-order valence-corrected chi connectivity index (χ4v) is 13.1. The number of aliphatic hydroxyl groups excluding tert-OH is 1. The minimum absolute atomic E-state index is 0.106. The molecule has 0 spiro atoms. The molecular formula is C75H146O17P2. The van der Waals surface area contributed by atoms with Crippen LogP contribution < -0.4 is 0 Å². The van der Waals surface area contributed by atoms with Crippen molar-refractivity contribution in [2.24, 2.45) is 11.8 Å². The number of hydrogen-bond donors (Lipinski definition) is 3. The molecule has 0 aromatic carbocycles. The van der Waals surface area contributed by atoms with Crippen LogP contribution in [-0.2, 0) is 65.4 Å². The Morgan fingerprint density at radius 1 is 0.287 bits per heavy atom. The number of esters is 4. The molecule has 0 rings (SSSR count). The average Bonchev–Trinajstić information content (AvgIpc) is 1.60. The van der Waals surface area contributed by atoms with E-state index in [1.54, 1.807) is 0 Å². The lowest BCUT2D eigenvalue weighted by Crippen LogP contribution is -2.30. The quantitative estimate of drug-likeness (QED) is 0.0222. The zero-order valence-electron chi connectivity index (χ0n) is 61.3. The molecular weight excluding hydrogens is 1230 g/mol. The van der Waals surface area contributed by atoms with Gasteiger partial charge >= 0.3 is 39.5 Å². The van der Waals surface area contributed by atoms with Crippen LogP contribution in [0.4, 0.5) is 0 Å². The summed E-state index contributed by atoms with van der Waals surface area (Å²) in [5.41, 5.74) is 0. The van der Waals surface area contributed by atoms with Gasteiger partial charge in [0.15, 0.2) is 12.2 Å². The minimum Gasteiger partial charge on any atom is -0.462 e. The normalized spacial score (nSPS) is 14.0. The topological polar surface area (TPSA) is 237 Å². The van der Waals surface area contributed by atoms with Crippen LogP contribution in [0.5, 0.6) is 0 Å². The Balaban J connectivity index is 5.20. The Kier molecular flexibility index (Phi) is 65.5. The Labute approximate surface area is 575 Å². The zero-order chi connectivity index (χ0) is 69.3. The maximum atomic E-state index is 13.1. The number of carbonyl (C=O) groups excluding carboxylic acids is 4. The van der Waals surface area contributed by atoms with Gasteiger partial charge in [0.2, 0.25) is 0 Å². The van der Waals surface area contributed by atoms with Gasteiger partial charge in [-0.05, 0) is 37.5 Å². The summed E-state index contributed by atoms with van der Waals surface area (Å²) >= 11 is 0. The number of aliphatic hydroxyl groups is 1. The van der Waals surface area contributed by atoms with Crippen LogP contribution in [-0.4, -0.2) is 96.7 Å². The van der Waals surface area contributed by atoms with Crippen molar-refractivity contribution in [1.82, 2.24) is 0 Å². The molecule has 0 radical (unpaired) electrons. The van der Waals surface area contributed by atoms with Crippen molar-refractivity contribution < 1.29 is 80.2 Å². The standard InChI is InChI=1S/C75H146O17P2/c1-7-9-11-13-15-16-17-18-19-22-25-28-34-40-46-52-58-73(78)86-64-71(92-74(79)59-53-47-41-35-29-26-23-20-21-24-27-32-38-43-49-55-67(3)4)66-90-94(83,84)88-62-69(76)61-87-93(81,82)89-65-70(63-85-72(77)57-51-45-37-14-12-10-8-2)91-75(80)60-54-48-42-36-31-30-33-39-44-50-56-68(5)6/h67-71,76H,7-66H2,1-6H3,(H,81,82)(H,83,84)/t69-,70+,71+/m0/s1. The van der Waals surface area contributed by atoms with Crippen molar-refractivity contribution in [1.29, 1.82) is 0 Å². The monoisotopic (exact) mass is 1380 g/mol. The molecule has 19 heteroatoms. The molecule has 0 fully saturated rings. The number of phosphoric ester groups is 2. The number of ether oxygens (including phenoxy) is 4. The van der Waals surface area contributed by atoms with E-state index in [-0.39, 0.29) is 25.7 Å². The molecule has 3 N–H and O–H groups in total. The van der Waals surface area contributed by atoms with Gasteiger partial charge in [-0.25, -0.2) is 9.13 Å². The van der Waals surface area contributed by atoms with Gasteiger partial charge < -0.3 is 33.8 Å². The molecule has 17 nitrogen and oxygen atoms in total. The summed E-state index contributed by atoms with van der Waals surface area (Å²) < 4.78 is 68.4. The first-order valence-corrected chi connectivity index (χ1v) is 42.0. The van der Waals surface area contributed by atoms with Crippen LogP contribution in [0.3, 0.4) is 0 Å². The lowest BCUT2D eigenvalue weighted by Gasteiger charge is -2.21. The molecule has 0 aliphatic rings. The van der Waals surface area contributed by atoms with Gasteiger partial charge in [0.25, 0.3) is 0 Å². The number of carbonyl (C=O) groups is 4. The molecule has 0 bridgehead atoms. The van der Waals surface area contributed by atoms with Gasteiger partial charge in [-0.1, -0.05) is 337 Å². The van der Waals surface area contributed by atoms with E-state index in [0.717, 1.165) is 115 Å². The number of phosphoric acid groups is 2. The fraction of sp³-hybridized carbons (Fsp3) is 0.947. The SMILES string of the molecule is CCCCCCCCCCCCCCCCCCC(=O)OC[C@H](COP(=O)(O)OC[C@@H](O)COP(=O)(O)OC[C@@H](COC(=O)CCCCCCCCC)OC(=O)CCCCCCCCCCCCC(C)C)OC(=O)CCCCCCCCCCCCCCCCCC(C)C. The lowest BCUT2D eigenvalue weighted by molar-refractivity contribution is -0.161. The molecule has 0 amide bonds. The van der Waals surface area contributed by atoms with E-state index in [1.165, 1.54) is 193 Å². The van der Waals surface area contributed by atoms with Crippen molar-refractivity contribution >= 4 is 39.5 Å². The Morgan fingerprint density at radius 3 is 0.723 bits per heavy atom. The van der Waals surface area contributed by atoms with E-state index >= 15 is 0 Å². The van der Waals surface area contributed by atoms with Gasteiger partial charge in [0.05, 0.1) is 26.4 Å². The molecule has 558 valence electrons. The Morgan fingerprint density at radius 2 is 0.489 bits per heavy atom. The molecule has 0 saturated carbocycles. The lowest BCUT2D eigenvalue weighted by atomic mass is 10.0. The van der Waals surface area contributed by atoms with Crippen molar-refractivity contribution in [2.75, 3.05) is 39.6 Å². The van der Waals surface area contributed by atoms with E-state index in [2.05, 4.69) is 41.5 Å². The van der Waals surface area contributed by atoms with Gasteiger partial charge in [-0.3, -0.25) is 37.3 Å². The van der Waals surface area contributed by atoms with E-state index in [4.69, 9.17) is 37.0 Å². The third kappa shape index (κ3) is 68.6. The number of unbranched alkanes of at least 4 members (excludes halogenated alkanes) is 44. The summed E-state index contributed by atoms with van der Waals surface area (Å²) in [6.45, 7) is 9.57. The van der Waals surface area contributed by atoms with Crippen molar-refractivity contribution in [3.63, 3.8) is 0 Å². The molecule has 0 aliphatic heterocycles. The average molecular weight is 1380 g/mol. The molecule has 5 atom stereocenters. The molecule has 2 unspecified atom stereocenters. The fourth-order valence-electron chi connectivity index (χ4n) is 11.5. The molecule has 0 heterocycles. The van der Waals surface area contributed by atoms with Crippen LogP contribution in [0.2, 0.25) is 0 Å². The highest BCUT2D eigenvalue weighted by atomic mass is 31.2. The van der Waals surface area contributed by atoms with Crippen LogP contribution in [0.1, 0.15) is 388 Å². The van der Waals surface area contributed by atoms with Crippen molar-refractivity contribution in [3.8, 4) is 0 Å². The van der Waals surface area contributed by atoms with Crippen molar-refractivity contribution in [2.45, 2.75) is 407 Å². The predicted octanol–water partition coefficient (Wildman–Crippen LogP) is 21.9.